The normalized spacial score (nSPS) is 11.0. The van der Waals surface area contributed by atoms with Crippen LogP contribution in [0.25, 0.3) is 6.08 Å². The van der Waals surface area contributed by atoms with Crippen LogP contribution in [-0.2, 0) is 0 Å². The summed E-state index contributed by atoms with van der Waals surface area (Å²) in [6, 6.07) is 42.1. The Morgan fingerprint density at radius 1 is 0.552 bits per heavy atom. The molecule has 0 atom stereocenters. The van der Waals surface area contributed by atoms with E-state index in [-0.39, 0.29) is 0 Å². The molecular weight excluding hydrogens is 367 g/mol. The maximum absolute atomic E-state index is 3.52. The lowest BCUT2D eigenvalue weighted by molar-refractivity contribution is 1.64. The lowest BCUT2D eigenvalue weighted by Gasteiger charge is -2.19. The standard InChI is InChI=1S/C28H21P/c1-5-13-24(14-6-1)21-22-28(23-25-15-7-2-8-16-25)29(26-17-9-3-10-18-26)27-19-11-4-12-20-27/h1-20,23H/b28-23+. The van der Waals surface area contributed by atoms with Crippen LogP contribution in [0.1, 0.15) is 11.1 Å². The molecule has 29 heavy (non-hydrogen) atoms. The summed E-state index contributed by atoms with van der Waals surface area (Å²) in [5.41, 5.74) is 2.20. The van der Waals surface area contributed by atoms with Crippen molar-refractivity contribution in [2.45, 2.75) is 0 Å². The van der Waals surface area contributed by atoms with Gasteiger partial charge < -0.3 is 0 Å². The van der Waals surface area contributed by atoms with E-state index >= 15 is 0 Å². The van der Waals surface area contributed by atoms with Gasteiger partial charge in [-0.15, -0.1) is 0 Å². The van der Waals surface area contributed by atoms with Crippen molar-refractivity contribution in [2.75, 3.05) is 0 Å². The van der Waals surface area contributed by atoms with Crippen molar-refractivity contribution in [2.24, 2.45) is 0 Å². The van der Waals surface area contributed by atoms with Crippen LogP contribution >= 0.6 is 7.92 Å². The molecule has 4 aromatic carbocycles. The smallest absolute Gasteiger partial charge is 0.0354 e. The van der Waals surface area contributed by atoms with Gasteiger partial charge in [0.05, 0.1) is 0 Å². The Labute approximate surface area is 174 Å². The second kappa shape index (κ2) is 9.70. The highest BCUT2D eigenvalue weighted by molar-refractivity contribution is 7.77. The largest absolute Gasteiger partial charge is 0.0622 e. The third-order valence-electron chi connectivity index (χ3n) is 4.48. The van der Waals surface area contributed by atoms with Crippen molar-refractivity contribution in [3.8, 4) is 11.8 Å². The molecule has 0 radical (unpaired) electrons. The van der Waals surface area contributed by atoms with Gasteiger partial charge in [0, 0.05) is 10.9 Å². The maximum Gasteiger partial charge on any atom is 0.0354 e. The Morgan fingerprint density at radius 2 is 1.00 bits per heavy atom. The zero-order chi connectivity index (χ0) is 19.7. The lowest BCUT2D eigenvalue weighted by Crippen LogP contribution is -2.12. The first-order chi connectivity index (χ1) is 14.4. The van der Waals surface area contributed by atoms with Crippen LogP contribution < -0.4 is 10.6 Å². The number of hydrogen-bond acceptors (Lipinski definition) is 0. The monoisotopic (exact) mass is 388 g/mol. The Hall–Kier alpha value is -3.39. The van der Waals surface area contributed by atoms with Crippen LogP contribution in [0.2, 0.25) is 0 Å². The lowest BCUT2D eigenvalue weighted by atomic mass is 10.2. The van der Waals surface area contributed by atoms with Crippen LogP contribution in [0.15, 0.2) is 127 Å². The van der Waals surface area contributed by atoms with E-state index in [1.165, 1.54) is 16.2 Å². The third-order valence-corrected chi connectivity index (χ3v) is 6.83. The topological polar surface area (TPSA) is 0 Å². The molecule has 0 amide bonds. The van der Waals surface area contributed by atoms with Gasteiger partial charge in [0.25, 0.3) is 0 Å². The van der Waals surface area contributed by atoms with Crippen molar-refractivity contribution in [3.05, 3.63) is 138 Å². The van der Waals surface area contributed by atoms with Crippen molar-refractivity contribution in [1.29, 1.82) is 0 Å². The summed E-state index contributed by atoms with van der Waals surface area (Å²) in [5, 5.41) is 3.75. The molecule has 0 nitrogen and oxygen atoms in total. The number of rotatable bonds is 4. The van der Waals surface area contributed by atoms with E-state index in [1.807, 2.05) is 24.3 Å². The molecule has 0 aliphatic heterocycles. The van der Waals surface area contributed by atoms with Gasteiger partial charge in [0.15, 0.2) is 0 Å². The fraction of sp³-hybridized carbons (Fsp3) is 0. The van der Waals surface area contributed by atoms with Crippen molar-refractivity contribution >= 4 is 24.6 Å². The van der Waals surface area contributed by atoms with E-state index in [2.05, 4.69) is 115 Å². The van der Waals surface area contributed by atoms with Gasteiger partial charge in [0.2, 0.25) is 0 Å². The molecule has 4 aromatic rings. The van der Waals surface area contributed by atoms with Crippen LogP contribution in [0.4, 0.5) is 0 Å². The Balaban J connectivity index is 1.87. The minimum absolute atomic E-state index is 0.747. The van der Waals surface area contributed by atoms with Gasteiger partial charge in [-0.3, -0.25) is 0 Å². The first-order valence-electron chi connectivity index (χ1n) is 9.64. The summed E-state index contributed by atoms with van der Waals surface area (Å²) in [7, 11) is -0.747. The van der Waals surface area contributed by atoms with E-state index in [0.717, 1.165) is 10.9 Å². The Morgan fingerprint density at radius 3 is 1.52 bits per heavy atom. The van der Waals surface area contributed by atoms with Gasteiger partial charge in [-0.25, -0.2) is 0 Å². The molecule has 0 aromatic heterocycles. The number of hydrogen-bond donors (Lipinski definition) is 0. The SMILES string of the molecule is C(#Cc1ccccc1)/C(=C\c1ccccc1)P(c1ccccc1)c1ccccc1. The molecule has 138 valence electrons. The zero-order valence-electron chi connectivity index (χ0n) is 16.1. The second-order valence-corrected chi connectivity index (χ2v) is 8.75. The first kappa shape index (κ1) is 18.9. The number of allylic oxidation sites excluding steroid dienone is 1. The summed E-state index contributed by atoms with van der Waals surface area (Å²) in [6.45, 7) is 0. The molecule has 0 bridgehead atoms. The summed E-state index contributed by atoms with van der Waals surface area (Å²) in [6.07, 6.45) is 2.24. The fourth-order valence-corrected chi connectivity index (χ4v) is 5.34. The van der Waals surface area contributed by atoms with Crippen molar-refractivity contribution in [3.63, 3.8) is 0 Å². The molecular formula is C28H21P. The average molecular weight is 388 g/mol. The first-order valence-corrected chi connectivity index (χ1v) is 11.0. The minimum atomic E-state index is -0.747. The second-order valence-electron chi connectivity index (χ2n) is 6.56. The van der Waals surface area contributed by atoms with Gasteiger partial charge in [-0.2, -0.15) is 0 Å². The van der Waals surface area contributed by atoms with E-state index < -0.39 is 7.92 Å². The molecule has 0 heterocycles. The maximum atomic E-state index is 3.52. The van der Waals surface area contributed by atoms with Crippen LogP contribution in [0.5, 0.6) is 0 Å². The molecule has 0 aliphatic carbocycles. The zero-order valence-corrected chi connectivity index (χ0v) is 17.0. The summed E-state index contributed by atoms with van der Waals surface area (Å²) < 4.78 is 0. The number of benzene rings is 4. The van der Waals surface area contributed by atoms with E-state index in [1.54, 1.807) is 0 Å². The van der Waals surface area contributed by atoms with Gasteiger partial charge in [-0.05, 0) is 42.3 Å². The van der Waals surface area contributed by atoms with Gasteiger partial charge in [-0.1, -0.05) is 121 Å². The molecule has 4 rings (SSSR count). The summed E-state index contributed by atoms with van der Waals surface area (Å²) >= 11 is 0. The van der Waals surface area contributed by atoms with Crippen LogP contribution in [0.3, 0.4) is 0 Å². The summed E-state index contributed by atoms with van der Waals surface area (Å²) in [4.78, 5) is 0. The molecule has 0 fully saturated rings. The van der Waals surface area contributed by atoms with Crippen LogP contribution in [-0.4, -0.2) is 0 Å². The van der Waals surface area contributed by atoms with E-state index in [4.69, 9.17) is 0 Å². The van der Waals surface area contributed by atoms with Crippen LogP contribution in [0, 0.1) is 11.8 Å². The van der Waals surface area contributed by atoms with E-state index in [0.29, 0.717) is 0 Å². The highest BCUT2D eigenvalue weighted by atomic mass is 31.1. The highest BCUT2D eigenvalue weighted by Gasteiger charge is 2.17. The van der Waals surface area contributed by atoms with Crippen molar-refractivity contribution < 1.29 is 0 Å². The predicted molar refractivity (Wildman–Crippen MR) is 127 cm³/mol. The third kappa shape index (κ3) is 5.11. The predicted octanol–water partition coefficient (Wildman–Crippen LogP) is 6.21. The summed E-state index contributed by atoms with van der Waals surface area (Å²) in [5.74, 6) is 6.90. The molecule has 0 saturated heterocycles. The average Bonchev–Trinajstić information content (AvgIpc) is 2.80. The molecule has 1 heteroatoms. The Bertz CT molecular complexity index is 1080. The van der Waals surface area contributed by atoms with Gasteiger partial charge >= 0.3 is 0 Å². The van der Waals surface area contributed by atoms with Gasteiger partial charge in [0.1, 0.15) is 0 Å². The molecule has 0 N–H and O–H groups in total. The quantitative estimate of drug-likeness (QED) is 0.288. The highest BCUT2D eigenvalue weighted by Crippen LogP contribution is 2.43. The van der Waals surface area contributed by atoms with E-state index in [9.17, 15) is 0 Å². The molecule has 0 spiro atoms. The van der Waals surface area contributed by atoms with Crippen molar-refractivity contribution in [1.82, 2.24) is 0 Å². The fourth-order valence-electron chi connectivity index (χ4n) is 3.10. The molecule has 0 aliphatic rings. The minimum Gasteiger partial charge on any atom is -0.0622 e. The Kier molecular flexibility index (Phi) is 6.34. The molecule has 0 unspecified atom stereocenters. The molecule has 0 saturated carbocycles.